The fourth-order valence-corrected chi connectivity index (χ4v) is 1.79. The van der Waals surface area contributed by atoms with Crippen LogP contribution in [-0.4, -0.2) is 13.2 Å². The van der Waals surface area contributed by atoms with Crippen molar-refractivity contribution in [1.82, 2.24) is 0 Å². The highest BCUT2D eigenvalue weighted by Gasteiger charge is 2.16. The average Bonchev–Trinajstić information content (AvgIpc) is 2.42. The van der Waals surface area contributed by atoms with Crippen molar-refractivity contribution in [2.75, 3.05) is 13.2 Å². The molecule has 1 unspecified atom stereocenters. The van der Waals surface area contributed by atoms with Gasteiger partial charge in [-0.05, 0) is 24.6 Å². The topological polar surface area (TPSA) is 44.5 Å². The molecule has 3 nitrogen and oxygen atoms in total. The summed E-state index contributed by atoms with van der Waals surface area (Å²) < 4.78 is 11.1. The molecule has 0 saturated carbocycles. The second kappa shape index (κ2) is 4.29. The number of rotatable bonds is 1. The van der Waals surface area contributed by atoms with E-state index in [9.17, 15) is 0 Å². The van der Waals surface area contributed by atoms with Crippen molar-refractivity contribution in [2.24, 2.45) is 5.73 Å². The van der Waals surface area contributed by atoms with Gasteiger partial charge in [-0.2, -0.15) is 0 Å². The molecule has 15 heavy (non-hydrogen) atoms. The molecule has 1 aliphatic rings. The predicted octanol–water partition coefficient (Wildman–Crippen LogP) is 2.52. The molecule has 0 aliphatic carbocycles. The van der Waals surface area contributed by atoms with E-state index in [0.29, 0.717) is 29.7 Å². The third kappa shape index (κ3) is 2.19. The Hall–Kier alpha value is -0.930. The van der Waals surface area contributed by atoms with E-state index >= 15 is 0 Å². The van der Waals surface area contributed by atoms with Gasteiger partial charge in [0, 0.05) is 12.5 Å². The number of nitrogens with two attached hydrogens (primary N) is 1. The highest BCUT2D eigenvalue weighted by atomic mass is 35.5. The first kappa shape index (κ1) is 10.6. The van der Waals surface area contributed by atoms with Gasteiger partial charge in [0.25, 0.3) is 0 Å². The summed E-state index contributed by atoms with van der Waals surface area (Å²) >= 11 is 6.10. The van der Waals surface area contributed by atoms with Gasteiger partial charge in [-0.3, -0.25) is 0 Å². The zero-order valence-electron chi connectivity index (χ0n) is 8.63. The van der Waals surface area contributed by atoms with Gasteiger partial charge in [-0.15, -0.1) is 0 Å². The number of benzene rings is 1. The fourth-order valence-electron chi connectivity index (χ4n) is 1.51. The van der Waals surface area contributed by atoms with E-state index in [1.54, 1.807) is 0 Å². The molecule has 4 heteroatoms. The summed E-state index contributed by atoms with van der Waals surface area (Å²) in [5, 5.41) is 0.571. The van der Waals surface area contributed by atoms with Gasteiger partial charge in [0.05, 0.1) is 18.2 Å². The van der Waals surface area contributed by atoms with Crippen LogP contribution in [0.4, 0.5) is 0 Å². The zero-order chi connectivity index (χ0) is 10.8. The van der Waals surface area contributed by atoms with Crippen LogP contribution in [0.3, 0.4) is 0 Å². The van der Waals surface area contributed by atoms with Gasteiger partial charge in [0.15, 0.2) is 11.5 Å². The molecule has 2 rings (SSSR count). The zero-order valence-corrected chi connectivity index (χ0v) is 9.38. The monoisotopic (exact) mass is 227 g/mol. The molecule has 82 valence electrons. The maximum atomic E-state index is 6.10. The summed E-state index contributed by atoms with van der Waals surface area (Å²) in [5.41, 5.74) is 6.76. The van der Waals surface area contributed by atoms with E-state index in [-0.39, 0.29) is 6.04 Å². The molecule has 1 heterocycles. The maximum absolute atomic E-state index is 6.10. The molecular formula is C11H14ClNO2. The van der Waals surface area contributed by atoms with E-state index in [1.165, 1.54) is 0 Å². The lowest BCUT2D eigenvalue weighted by Crippen LogP contribution is -2.05. The first-order chi connectivity index (χ1) is 7.18. The Morgan fingerprint density at radius 3 is 2.80 bits per heavy atom. The molecule has 1 aromatic carbocycles. The number of ether oxygens (including phenoxy) is 2. The van der Waals surface area contributed by atoms with Crippen molar-refractivity contribution in [3.63, 3.8) is 0 Å². The molecule has 0 saturated heterocycles. The number of hydrogen-bond donors (Lipinski definition) is 1. The standard InChI is InChI=1S/C11H14ClNO2/c1-7(13)8-5-9(12)11-10(6-8)14-3-2-4-15-11/h5-7H,2-4,13H2,1H3. The first-order valence-electron chi connectivity index (χ1n) is 5.03. The van der Waals surface area contributed by atoms with Crippen LogP contribution in [0.5, 0.6) is 11.5 Å². The van der Waals surface area contributed by atoms with Crippen molar-refractivity contribution in [3.8, 4) is 11.5 Å². The molecule has 0 amide bonds. The maximum Gasteiger partial charge on any atom is 0.179 e. The second-order valence-corrected chi connectivity index (χ2v) is 4.08. The molecule has 1 atom stereocenters. The number of fused-ring (bicyclic) bond motifs is 1. The Bertz CT molecular complexity index is 366. The molecule has 0 radical (unpaired) electrons. The van der Waals surface area contributed by atoms with Crippen molar-refractivity contribution in [3.05, 3.63) is 22.7 Å². The summed E-state index contributed by atoms with van der Waals surface area (Å²) in [4.78, 5) is 0. The Morgan fingerprint density at radius 2 is 2.07 bits per heavy atom. The predicted molar refractivity (Wildman–Crippen MR) is 59.7 cm³/mol. The molecule has 1 aromatic rings. The highest BCUT2D eigenvalue weighted by molar-refractivity contribution is 6.32. The Morgan fingerprint density at radius 1 is 1.33 bits per heavy atom. The van der Waals surface area contributed by atoms with Gasteiger partial charge >= 0.3 is 0 Å². The Balaban J connectivity index is 2.44. The van der Waals surface area contributed by atoms with Crippen molar-refractivity contribution < 1.29 is 9.47 Å². The minimum atomic E-state index is -0.0559. The van der Waals surface area contributed by atoms with Gasteiger partial charge in [-0.1, -0.05) is 11.6 Å². The second-order valence-electron chi connectivity index (χ2n) is 3.67. The van der Waals surface area contributed by atoms with Crippen LogP contribution >= 0.6 is 11.6 Å². The van der Waals surface area contributed by atoms with Crippen LogP contribution in [0.15, 0.2) is 12.1 Å². The van der Waals surface area contributed by atoms with E-state index in [2.05, 4.69) is 0 Å². The number of hydrogen-bond acceptors (Lipinski definition) is 3. The average molecular weight is 228 g/mol. The van der Waals surface area contributed by atoms with Crippen molar-refractivity contribution in [1.29, 1.82) is 0 Å². The van der Waals surface area contributed by atoms with E-state index in [0.717, 1.165) is 12.0 Å². The SMILES string of the molecule is CC(N)c1cc(Cl)c2c(c1)OCCCO2. The summed E-state index contributed by atoms with van der Waals surface area (Å²) in [5.74, 6) is 1.34. The molecule has 0 aromatic heterocycles. The molecule has 1 aliphatic heterocycles. The molecule has 0 bridgehead atoms. The van der Waals surface area contributed by atoms with Gasteiger partial charge < -0.3 is 15.2 Å². The number of halogens is 1. The fraction of sp³-hybridized carbons (Fsp3) is 0.455. The molecule has 0 fully saturated rings. The van der Waals surface area contributed by atoms with Crippen LogP contribution in [0.2, 0.25) is 5.02 Å². The summed E-state index contributed by atoms with van der Waals surface area (Å²) in [6.45, 7) is 3.21. The minimum Gasteiger partial charge on any atom is -0.489 e. The summed E-state index contributed by atoms with van der Waals surface area (Å²) in [6, 6.07) is 3.68. The van der Waals surface area contributed by atoms with Gasteiger partial charge in [0.1, 0.15) is 0 Å². The quantitative estimate of drug-likeness (QED) is 0.802. The van der Waals surface area contributed by atoms with Crippen LogP contribution in [0, 0.1) is 0 Å². The van der Waals surface area contributed by atoms with Crippen molar-refractivity contribution in [2.45, 2.75) is 19.4 Å². The van der Waals surface area contributed by atoms with E-state index in [1.807, 2.05) is 19.1 Å². The smallest absolute Gasteiger partial charge is 0.179 e. The third-order valence-corrected chi connectivity index (χ3v) is 2.63. The van der Waals surface area contributed by atoms with E-state index in [4.69, 9.17) is 26.8 Å². The van der Waals surface area contributed by atoms with E-state index < -0.39 is 0 Å². The Kier molecular flexibility index (Phi) is 3.03. The first-order valence-corrected chi connectivity index (χ1v) is 5.41. The Labute approximate surface area is 94.1 Å². The molecule has 2 N–H and O–H groups in total. The molecular weight excluding hydrogens is 214 g/mol. The third-order valence-electron chi connectivity index (χ3n) is 2.35. The molecule has 0 spiro atoms. The van der Waals surface area contributed by atoms with Crippen LogP contribution in [-0.2, 0) is 0 Å². The summed E-state index contributed by atoms with van der Waals surface area (Å²) in [6.07, 6.45) is 0.874. The lowest BCUT2D eigenvalue weighted by molar-refractivity contribution is 0.297. The highest BCUT2D eigenvalue weighted by Crippen LogP contribution is 2.38. The van der Waals surface area contributed by atoms with Crippen LogP contribution in [0.25, 0.3) is 0 Å². The lowest BCUT2D eigenvalue weighted by atomic mass is 10.1. The summed E-state index contributed by atoms with van der Waals surface area (Å²) in [7, 11) is 0. The lowest BCUT2D eigenvalue weighted by Gasteiger charge is -2.13. The normalized spacial score (nSPS) is 17.0. The largest absolute Gasteiger partial charge is 0.489 e. The minimum absolute atomic E-state index is 0.0559. The van der Waals surface area contributed by atoms with Gasteiger partial charge in [0.2, 0.25) is 0 Å². The van der Waals surface area contributed by atoms with Crippen molar-refractivity contribution >= 4 is 11.6 Å². The van der Waals surface area contributed by atoms with Crippen LogP contribution < -0.4 is 15.2 Å². The van der Waals surface area contributed by atoms with Gasteiger partial charge in [-0.25, -0.2) is 0 Å². The van der Waals surface area contributed by atoms with Crippen LogP contribution in [0.1, 0.15) is 24.9 Å².